The molecule has 0 unspecified atom stereocenters. The molecule has 1 aliphatic heterocycles. The molecule has 1 amide bonds. The number of piperidine rings is 1. The Morgan fingerprint density at radius 3 is 2.41 bits per heavy atom. The fourth-order valence-electron chi connectivity index (χ4n) is 3.54. The predicted molar refractivity (Wildman–Crippen MR) is 120 cm³/mol. The van der Waals surface area contributed by atoms with Crippen molar-refractivity contribution in [1.82, 2.24) is 0 Å². The smallest absolute Gasteiger partial charge is 0.291 e. The van der Waals surface area contributed by atoms with Gasteiger partial charge in [0.15, 0.2) is 5.76 Å². The molecule has 1 aromatic heterocycles. The SMILES string of the molecule is O=C(Nc1cccc(Cl)c1N1CCCCC1)c1ccc(-c2cccc(Cl)c2Cl)o1. The Labute approximate surface area is 184 Å². The van der Waals surface area contributed by atoms with Crippen LogP contribution in [0, 0.1) is 0 Å². The molecule has 0 spiro atoms. The second kappa shape index (κ2) is 8.70. The van der Waals surface area contributed by atoms with E-state index in [4.69, 9.17) is 39.2 Å². The molecule has 0 bridgehead atoms. The summed E-state index contributed by atoms with van der Waals surface area (Å²) in [6, 6.07) is 14.1. The molecule has 3 aromatic rings. The van der Waals surface area contributed by atoms with E-state index in [1.165, 1.54) is 6.42 Å². The number of hydrogen-bond donors (Lipinski definition) is 1. The monoisotopic (exact) mass is 448 g/mol. The van der Waals surface area contributed by atoms with Gasteiger partial charge >= 0.3 is 0 Å². The summed E-state index contributed by atoms with van der Waals surface area (Å²) in [6.45, 7) is 1.84. The second-order valence-electron chi connectivity index (χ2n) is 6.90. The van der Waals surface area contributed by atoms with E-state index in [9.17, 15) is 4.79 Å². The van der Waals surface area contributed by atoms with Crippen molar-refractivity contribution in [3.8, 4) is 11.3 Å². The zero-order valence-electron chi connectivity index (χ0n) is 15.6. The Kier molecular flexibility index (Phi) is 6.04. The number of benzene rings is 2. The molecule has 2 aromatic carbocycles. The average molecular weight is 450 g/mol. The number of para-hydroxylation sites is 1. The van der Waals surface area contributed by atoms with Gasteiger partial charge in [-0.2, -0.15) is 0 Å². The van der Waals surface area contributed by atoms with Crippen LogP contribution in [-0.4, -0.2) is 19.0 Å². The van der Waals surface area contributed by atoms with Crippen LogP contribution in [0.3, 0.4) is 0 Å². The van der Waals surface area contributed by atoms with Gasteiger partial charge in [0.1, 0.15) is 5.76 Å². The summed E-state index contributed by atoms with van der Waals surface area (Å²) in [7, 11) is 0. The van der Waals surface area contributed by atoms with Crippen molar-refractivity contribution in [1.29, 1.82) is 0 Å². The van der Waals surface area contributed by atoms with E-state index in [1.54, 1.807) is 30.3 Å². The van der Waals surface area contributed by atoms with Gasteiger partial charge in [-0.1, -0.05) is 46.9 Å². The van der Waals surface area contributed by atoms with Crippen molar-refractivity contribution in [3.05, 3.63) is 69.4 Å². The average Bonchev–Trinajstić information content (AvgIpc) is 3.21. The van der Waals surface area contributed by atoms with E-state index in [2.05, 4.69) is 10.2 Å². The molecule has 150 valence electrons. The Balaban J connectivity index is 1.59. The lowest BCUT2D eigenvalue weighted by atomic mass is 10.1. The van der Waals surface area contributed by atoms with Crippen LogP contribution >= 0.6 is 34.8 Å². The summed E-state index contributed by atoms with van der Waals surface area (Å²) >= 11 is 18.8. The lowest BCUT2D eigenvalue weighted by molar-refractivity contribution is 0.0997. The van der Waals surface area contributed by atoms with Crippen molar-refractivity contribution in [2.45, 2.75) is 19.3 Å². The van der Waals surface area contributed by atoms with E-state index in [-0.39, 0.29) is 11.7 Å². The highest BCUT2D eigenvalue weighted by atomic mass is 35.5. The molecular weight excluding hydrogens is 431 g/mol. The standard InChI is InChI=1S/C22H19Cl3N2O2/c23-15-7-4-6-14(20(15)25)18-10-11-19(29-18)22(28)26-17-9-5-8-16(24)21(17)27-12-2-1-3-13-27/h4-11H,1-3,12-13H2,(H,26,28). The molecule has 2 heterocycles. The van der Waals surface area contributed by atoms with Crippen molar-refractivity contribution in [2.75, 3.05) is 23.3 Å². The van der Waals surface area contributed by atoms with Crippen LogP contribution in [-0.2, 0) is 0 Å². The first-order valence-corrected chi connectivity index (χ1v) is 10.6. The first kappa shape index (κ1) is 20.1. The lowest BCUT2D eigenvalue weighted by Gasteiger charge is -2.31. The lowest BCUT2D eigenvalue weighted by Crippen LogP contribution is -2.30. The Hall–Kier alpha value is -2.14. The van der Waals surface area contributed by atoms with Gasteiger partial charge in [0, 0.05) is 18.7 Å². The molecule has 0 aliphatic carbocycles. The number of hydrogen-bond acceptors (Lipinski definition) is 3. The third-order valence-electron chi connectivity index (χ3n) is 4.95. The Bertz CT molecular complexity index is 1040. The van der Waals surface area contributed by atoms with Gasteiger partial charge in [-0.3, -0.25) is 4.79 Å². The molecule has 0 saturated carbocycles. The van der Waals surface area contributed by atoms with E-state index in [1.807, 2.05) is 18.2 Å². The minimum atomic E-state index is -0.352. The van der Waals surface area contributed by atoms with Gasteiger partial charge in [-0.25, -0.2) is 0 Å². The van der Waals surface area contributed by atoms with Crippen LogP contribution in [0.15, 0.2) is 52.9 Å². The highest BCUT2D eigenvalue weighted by Gasteiger charge is 2.21. The normalized spacial score (nSPS) is 14.1. The summed E-state index contributed by atoms with van der Waals surface area (Å²) in [5.41, 5.74) is 2.16. The summed E-state index contributed by atoms with van der Waals surface area (Å²) < 4.78 is 5.75. The summed E-state index contributed by atoms with van der Waals surface area (Å²) in [6.07, 6.45) is 3.44. The van der Waals surface area contributed by atoms with E-state index in [0.29, 0.717) is 32.1 Å². The van der Waals surface area contributed by atoms with Crippen LogP contribution in [0.2, 0.25) is 15.1 Å². The Morgan fingerprint density at radius 2 is 1.62 bits per heavy atom. The van der Waals surface area contributed by atoms with Crippen molar-refractivity contribution < 1.29 is 9.21 Å². The zero-order chi connectivity index (χ0) is 20.4. The van der Waals surface area contributed by atoms with Crippen molar-refractivity contribution >= 4 is 52.1 Å². The number of nitrogens with one attached hydrogen (secondary N) is 1. The van der Waals surface area contributed by atoms with Crippen LogP contribution in [0.1, 0.15) is 29.8 Å². The Morgan fingerprint density at radius 1 is 0.897 bits per heavy atom. The number of halogens is 3. The molecule has 4 rings (SSSR count). The number of anilines is 2. The quantitative estimate of drug-likeness (QED) is 0.460. The molecule has 29 heavy (non-hydrogen) atoms. The van der Waals surface area contributed by atoms with Gasteiger partial charge in [0.05, 0.1) is 26.4 Å². The van der Waals surface area contributed by atoms with Gasteiger partial charge in [0.25, 0.3) is 5.91 Å². The van der Waals surface area contributed by atoms with Crippen LogP contribution in [0.5, 0.6) is 0 Å². The minimum Gasteiger partial charge on any atom is -0.451 e. The third-order valence-corrected chi connectivity index (χ3v) is 6.08. The van der Waals surface area contributed by atoms with Crippen molar-refractivity contribution in [2.24, 2.45) is 0 Å². The molecule has 1 aliphatic rings. The first-order chi connectivity index (χ1) is 14.0. The fraction of sp³-hybridized carbons (Fsp3) is 0.227. The first-order valence-electron chi connectivity index (χ1n) is 9.43. The molecule has 0 atom stereocenters. The largest absolute Gasteiger partial charge is 0.451 e. The van der Waals surface area contributed by atoms with Crippen LogP contribution in [0.25, 0.3) is 11.3 Å². The molecule has 1 saturated heterocycles. The van der Waals surface area contributed by atoms with E-state index < -0.39 is 0 Å². The molecular formula is C22H19Cl3N2O2. The molecule has 0 radical (unpaired) electrons. The fourth-order valence-corrected chi connectivity index (χ4v) is 4.23. The highest BCUT2D eigenvalue weighted by molar-refractivity contribution is 6.43. The maximum absolute atomic E-state index is 12.8. The predicted octanol–water partition coefficient (Wildman–Crippen LogP) is 7.15. The summed E-state index contributed by atoms with van der Waals surface area (Å²) in [4.78, 5) is 15.1. The second-order valence-corrected chi connectivity index (χ2v) is 8.10. The van der Waals surface area contributed by atoms with Gasteiger partial charge in [-0.15, -0.1) is 0 Å². The van der Waals surface area contributed by atoms with E-state index >= 15 is 0 Å². The topological polar surface area (TPSA) is 45.5 Å². The number of nitrogens with zero attached hydrogens (tertiary/aromatic N) is 1. The number of amides is 1. The van der Waals surface area contributed by atoms with Crippen molar-refractivity contribution in [3.63, 3.8) is 0 Å². The van der Waals surface area contributed by atoms with Crippen LogP contribution in [0.4, 0.5) is 11.4 Å². The highest BCUT2D eigenvalue weighted by Crippen LogP contribution is 2.37. The number of carbonyl (C=O) groups is 1. The molecule has 7 heteroatoms. The minimum absolute atomic E-state index is 0.181. The van der Waals surface area contributed by atoms with Gasteiger partial charge < -0.3 is 14.6 Å². The molecule has 1 fully saturated rings. The number of rotatable bonds is 4. The molecule has 4 nitrogen and oxygen atoms in total. The molecule has 1 N–H and O–H groups in total. The number of furan rings is 1. The maximum atomic E-state index is 12.8. The third kappa shape index (κ3) is 4.25. The summed E-state index contributed by atoms with van der Waals surface area (Å²) in [5.74, 6) is 0.306. The summed E-state index contributed by atoms with van der Waals surface area (Å²) in [5, 5.41) is 4.37. The number of carbonyl (C=O) groups excluding carboxylic acids is 1. The van der Waals surface area contributed by atoms with Gasteiger partial charge in [0.2, 0.25) is 0 Å². The van der Waals surface area contributed by atoms with Gasteiger partial charge in [-0.05, 0) is 55.7 Å². The maximum Gasteiger partial charge on any atom is 0.291 e. The van der Waals surface area contributed by atoms with E-state index in [0.717, 1.165) is 31.6 Å². The zero-order valence-corrected chi connectivity index (χ0v) is 17.8. The van der Waals surface area contributed by atoms with Crippen LogP contribution < -0.4 is 10.2 Å².